The van der Waals surface area contributed by atoms with Gasteiger partial charge in [-0.15, -0.1) is 0 Å². The number of aliphatic hydroxyl groups is 3. The van der Waals surface area contributed by atoms with Gasteiger partial charge >= 0.3 is 5.97 Å². The molecule has 0 amide bonds. The number of esters is 1. The molecular formula is C28H24O13. The predicted molar refractivity (Wildman–Crippen MR) is 135 cm³/mol. The molecule has 1 aliphatic heterocycles. The van der Waals surface area contributed by atoms with Crippen LogP contribution in [0.4, 0.5) is 0 Å². The number of hydrogen-bond acceptors (Lipinski definition) is 13. The third-order valence-corrected chi connectivity index (χ3v) is 6.83. The first-order chi connectivity index (χ1) is 19.4. The van der Waals surface area contributed by atoms with Gasteiger partial charge in [0, 0.05) is 11.1 Å². The number of rotatable bonds is 5. The quantitative estimate of drug-likeness (QED) is 0.130. The van der Waals surface area contributed by atoms with Crippen molar-refractivity contribution >= 4 is 17.5 Å². The topological polar surface area (TPSA) is 221 Å². The van der Waals surface area contributed by atoms with Crippen LogP contribution in [0.5, 0.6) is 28.7 Å². The Bertz CT molecular complexity index is 1560. The SMILES string of the molecule is Cc1cc(O)c2c(c1)C(=O)c1cccc(O[C@H]3O[C@H](COC(=O)c4cc(O)c(O)c(O)c4)[C@@H](O)[C@H](O)[C@H]3O)c1C2=O. The predicted octanol–water partition coefficient (Wildman–Crippen LogP) is 0.636. The number of fused-ring (bicyclic) bond motifs is 2. The smallest absolute Gasteiger partial charge is 0.338 e. The van der Waals surface area contributed by atoms with Gasteiger partial charge in [-0.3, -0.25) is 9.59 Å². The van der Waals surface area contributed by atoms with Gasteiger partial charge in [0.25, 0.3) is 0 Å². The first-order valence-corrected chi connectivity index (χ1v) is 12.2. The molecule has 0 aromatic heterocycles. The minimum atomic E-state index is -1.86. The second kappa shape index (κ2) is 10.4. The number of aromatic hydroxyl groups is 4. The van der Waals surface area contributed by atoms with Gasteiger partial charge in [-0.05, 0) is 42.8 Å². The fourth-order valence-electron chi connectivity index (χ4n) is 4.75. The summed E-state index contributed by atoms with van der Waals surface area (Å²) in [4.78, 5) is 39.0. The van der Waals surface area contributed by atoms with Crippen molar-refractivity contribution in [2.24, 2.45) is 0 Å². The second-order valence-corrected chi connectivity index (χ2v) is 9.64. The highest BCUT2D eigenvalue weighted by Gasteiger charge is 2.46. The van der Waals surface area contributed by atoms with E-state index in [4.69, 9.17) is 14.2 Å². The minimum Gasteiger partial charge on any atom is -0.507 e. The van der Waals surface area contributed by atoms with E-state index in [1.54, 1.807) is 6.92 Å². The van der Waals surface area contributed by atoms with Crippen LogP contribution in [0.3, 0.4) is 0 Å². The van der Waals surface area contributed by atoms with E-state index in [2.05, 4.69) is 0 Å². The van der Waals surface area contributed by atoms with Gasteiger partial charge in [-0.1, -0.05) is 12.1 Å². The average molecular weight is 568 g/mol. The summed E-state index contributed by atoms with van der Waals surface area (Å²) in [6, 6.07) is 8.58. The highest BCUT2D eigenvalue weighted by molar-refractivity contribution is 6.30. The molecule has 0 bridgehead atoms. The number of benzene rings is 3. The second-order valence-electron chi connectivity index (χ2n) is 9.64. The molecule has 1 heterocycles. The largest absolute Gasteiger partial charge is 0.507 e. The molecule has 0 unspecified atom stereocenters. The normalized spacial score (nSPS) is 23.5. The standard InChI is InChI=1S/C28H24O13/c1-10-5-13-19(14(29)6-10)24(35)20-12(21(13)32)3-2-4-17(20)40-28-26(37)25(36)23(34)18(41-28)9-39-27(38)11-7-15(30)22(33)16(31)8-11/h2-8,18,23,25-26,28-31,33-34,36-37H,9H2,1H3/t18-,23-,25+,26-,28+/m1/s1. The summed E-state index contributed by atoms with van der Waals surface area (Å²) < 4.78 is 16.3. The van der Waals surface area contributed by atoms with Crippen molar-refractivity contribution in [1.29, 1.82) is 0 Å². The molecule has 1 aliphatic carbocycles. The highest BCUT2D eigenvalue weighted by atomic mass is 16.7. The third-order valence-electron chi connectivity index (χ3n) is 6.83. The van der Waals surface area contributed by atoms with Crippen LogP contribution in [-0.2, 0) is 9.47 Å². The molecule has 0 radical (unpaired) electrons. The van der Waals surface area contributed by atoms with Gasteiger partial charge < -0.3 is 50.0 Å². The van der Waals surface area contributed by atoms with Gasteiger partial charge in [-0.2, -0.15) is 0 Å². The van der Waals surface area contributed by atoms with E-state index < -0.39 is 77.8 Å². The lowest BCUT2D eigenvalue weighted by atomic mass is 9.82. The van der Waals surface area contributed by atoms with Crippen molar-refractivity contribution in [2.75, 3.05) is 6.61 Å². The maximum absolute atomic E-state index is 13.4. The molecule has 1 fully saturated rings. The Morgan fingerprint density at radius 2 is 1.51 bits per heavy atom. The van der Waals surface area contributed by atoms with E-state index in [9.17, 15) is 50.1 Å². The summed E-state index contributed by atoms with van der Waals surface area (Å²) in [6.07, 6.45) is -8.66. The fraction of sp³-hybridized carbons (Fsp3) is 0.250. The van der Waals surface area contributed by atoms with Crippen LogP contribution in [0.2, 0.25) is 0 Å². The third kappa shape index (κ3) is 4.80. The fourth-order valence-corrected chi connectivity index (χ4v) is 4.75. The maximum Gasteiger partial charge on any atom is 0.338 e. The van der Waals surface area contributed by atoms with Crippen molar-refractivity contribution in [1.82, 2.24) is 0 Å². The molecule has 1 saturated heterocycles. The van der Waals surface area contributed by atoms with Crippen molar-refractivity contribution in [3.63, 3.8) is 0 Å². The van der Waals surface area contributed by atoms with Crippen LogP contribution in [0.25, 0.3) is 0 Å². The molecule has 7 N–H and O–H groups in total. The Balaban J connectivity index is 1.38. The Labute approximate surface area is 231 Å². The van der Waals surface area contributed by atoms with Gasteiger partial charge in [0.1, 0.15) is 42.5 Å². The molecule has 214 valence electrons. The van der Waals surface area contributed by atoms with Crippen LogP contribution in [0, 0.1) is 6.92 Å². The van der Waals surface area contributed by atoms with Gasteiger partial charge in [0.15, 0.2) is 23.0 Å². The Morgan fingerprint density at radius 3 is 2.20 bits per heavy atom. The summed E-state index contributed by atoms with van der Waals surface area (Å²) in [6.45, 7) is 0.956. The lowest BCUT2D eigenvalue weighted by molar-refractivity contribution is -0.277. The number of phenolic OH excluding ortho intramolecular Hbond substituents is 4. The molecule has 5 atom stereocenters. The lowest BCUT2D eigenvalue weighted by Gasteiger charge is -2.40. The summed E-state index contributed by atoms with van der Waals surface area (Å²) in [5.74, 6) is -5.41. The summed E-state index contributed by atoms with van der Waals surface area (Å²) in [7, 11) is 0. The van der Waals surface area contributed by atoms with E-state index >= 15 is 0 Å². The molecule has 13 nitrogen and oxygen atoms in total. The molecule has 0 spiro atoms. The van der Waals surface area contributed by atoms with E-state index in [0.717, 1.165) is 12.1 Å². The van der Waals surface area contributed by atoms with Crippen molar-refractivity contribution in [2.45, 2.75) is 37.6 Å². The zero-order valence-corrected chi connectivity index (χ0v) is 21.2. The van der Waals surface area contributed by atoms with Crippen LogP contribution in [0.1, 0.15) is 47.8 Å². The van der Waals surface area contributed by atoms with Crippen LogP contribution < -0.4 is 4.74 Å². The van der Waals surface area contributed by atoms with Crippen LogP contribution in [0.15, 0.2) is 42.5 Å². The highest BCUT2D eigenvalue weighted by Crippen LogP contribution is 2.39. The van der Waals surface area contributed by atoms with Crippen LogP contribution >= 0.6 is 0 Å². The molecular weight excluding hydrogens is 544 g/mol. The molecule has 13 heteroatoms. The molecule has 3 aromatic rings. The number of phenols is 4. The zero-order chi connectivity index (χ0) is 29.7. The first-order valence-electron chi connectivity index (χ1n) is 12.2. The lowest BCUT2D eigenvalue weighted by Crippen LogP contribution is -2.60. The molecule has 41 heavy (non-hydrogen) atoms. The van der Waals surface area contributed by atoms with Gasteiger partial charge in [0.05, 0.1) is 16.7 Å². The zero-order valence-electron chi connectivity index (χ0n) is 21.2. The van der Waals surface area contributed by atoms with Crippen LogP contribution in [-0.4, -0.2) is 90.6 Å². The molecule has 5 rings (SSSR count). The number of carbonyl (C=O) groups excluding carboxylic acids is 3. The van der Waals surface area contributed by atoms with Gasteiger partial charge in [0.2, 0.25) is 12.1 Å². The number of aryl methyl sites for hydroxylation is 1. The first kappa shape index (κ1) is 27.9. The summed E-state index contributed by atoms with van der Waals surface area (Å²) >= 11 is 0. The molecule has 2 aliphatic rings. The Morgan fingerprint density at radius 1 is 0.829 bits per heavy atom. The maximum atomic E-state index is 13.4. The van der Waals surface area contributed by atoms with E-state index in [-0.39, 0.29) is 33.6 Å². The Hall–Kier alpha value is -4.69. The Kier molecular flexibility index (Phi) is 7.05. The number of hydrogen-bond donors (Lipinski definition) is 7. The molecule has 0 saturated carbocycles. The van der Waals surface area contributed by atoms with Crippen molar-refractivity contribution in [3.8, 4) is 28.7 Å². The number of ether oxygens (including phenoxy) is 3. The monoisotopic (exact) mass is 568 g/mol. The average Bonchev–Trinajstić information content (AvgIpc) is 2.93. The summed E-state index contributed by atoms with van der Waals surface area (Å²) in [5, 5.41) is 70.5. The van der Waals surface area contributed by atoms with Crippen molar-refractivity contribution < 1.29 is 64.3 Å². The van der Waals surface area contributed by atoms with E-state index in [1.807, 2.05) is 0 Å². The van der Waals surface area contributed by atoms with Gasteiger partial charge in [-0.25, -0.2) is 4.79 Å². The summed E-state index contributed by atoms with van der Waals surface area (Å²) in [5.41, 5.74) is -0.232. The number of carbonyl (C=O) groups is 3. The minimum absolute atomic E-state index is 0.0155. The molecule has 3 aromatic carbocycles. The van der Waals surface area contributed by atoms with E-state index in [1.165, 1.54) is 30.3 Å². The van der Waals surface area contributed by atoms with Crippen molar-refractivity contribution in [3.05, 3.63) is 75.8 Å². The number of ketones is 2. The van der Waals surface area contributed by atoms with E-state index in [0.29, 0.717) is 5.56 Å². The number of aliphatic hydroxyl groups excluding tert-OH is 3.